The molecule has 0 aromatic heterocycles. The molecule has 21 heavy (non-hydrogen) atoms. The number of nitrogens with one attached hydrogen (secondary N) is 1. The van der Waals surface area contributed by atoms with Gasteiger partial charge in [0.15, 0.2) is 0 Å². The summed E-state index contributed by atoms with van der Waals surface area (Å²) < 4.78 is 0. The van der Waals surface area contributed by atoms with E-state index in [4.69, 9.17) is 0 Å². The standard InChI is InChI=1S/C18H20N2.ClH/c1-2-6-14(7-3-1)17-8-4-5-9-18(17)20-12-15-10-19-11-16(15)13-20;/h1-9,15-16,19H,10-13H2;1H. The maximum Gasteiger partial charge on any atom is 0.0446 e. The van der Waals surface area contributed by atoms with Gasteiger partial charge >= 0.3 is 0 Å². The lowest BCUT2D eigenvalue weighted by Gasteiger charge is -2.23. The number of rotatable bonds is 2. The third-order valence-corrected chi connectivity index (χ3v) is 4.72. The van der Waals surface area contributed by atoms with E-state index >= 15 is 0 Å². The molecule has 3 heteroatoms. The highest BCUT2D eigenvalue weighted by Gasteiger charge is 2.36. The maximum atomic E-state index is 3.52. The number of hydrogen-bond donors (Lipinski definition) is 1. The number of fused-ring (bicyclic) bond motifs is 1. The second kappa shape index (κ2) is 6.08. The molecule has 2 atom stereocenters. The van der Waals surface area contributed by atoms with Gasteiger partial charge in [0.2, 0.25) is 0 Å². The summed E-state index contributed by atoms with van der Waals surface area (Å²) in [7, 11) is 0. The lowest BCUT2D eigenvalue weighted by Crippen LogP contribution is -2.25. The molecule has 0 spiro atoms. The molecule has 2 heterocycles. The Morgan fingerprint density at radius 3 is 2.14 bits per heavy atom. The molecule has 1 N–H and O–H groups in total. The molecule has 2 nitrogen and oxygen atoms in total. The Hall–Kier alpha value is -1.51. The highest BCUT2D eigenvalue weighted by Crippen LogP contribution is 2.36. The number of para-hydroxylation sites is 1. The van der Waals surface area contributed by atoms with E-state index in [2.05, 4.69) is 64.8 Å². The van der Waals surface area contributed by atoms with E-state index in [1.54, 1.807) is 0 Å². The first-order valence-electron chi connectivity index (χ1n) is 7.52. The van der Waals surface area contributed by atoms with Crippen LogP contribution in [0.2, 0.25) is 0 Å². The van der Waals surface area contributed by atoms with Crippen molar-refractivity contribution >= 4 is 18.1 Å². The summed E-state index contributed by atoms with van der Waals surface area (Å²) >= 11 is 0. The Kier molecular flexibility index (Phi) is 4.18. The first kappa shape index (κ1) is 14.4. The first-order valence-corrected chi connectivity index (χ1v) is 7.52. The van der Waals surface area contributed by atoms with Gasteiger partial charge in [-0.15, -0.1) is 12.4 Å². The first-order chi connectivity index (χ1) is 9.92. The topological polar surface area (TPSA) is 15.3 Å². The smallest absolute Gasteiger partial charge is 0.0446 e. The molecule has 2 fully saturated rings. The van der Waals surface area contributed by atoms with Crippen LogP contribution in [0.4, 0.5) is 5.69 Å². The van der Waals surface area contributed by atoms with Crippen molar-refractivity contribution in [3.05, 3.63) is 54.6 Å². The van der Waals surface area contributed by atoms with Crippen molar-refractivity contribution < 1.29 is 0 Å². The minimum atomic E-state index is 0. The van der Waals surface area contributed by atoms with Gasteiger partial charge in [-0.2, -0.15) is 0 Å². The molecular formula is C18H21ClN2. The molecule has 2 aliphatic heterocycles. The van der Waals surface area contributed by atoms with Crippen LogP contribution in [0.5, 0.6) is 0 Å². The molecule has 0 aliphatic carbocycles. The summed E-state index contributed by atoms with van der Waals surface area (Å²) in [6.07, 6.45) is 0. The molecule has 2 aliphatic rings. The number of anilines is 1. The van der Waals surface area contributed by atoms with E-state index in [1.807, 2.05) is 0 Å². The number of halogens is 1. The molecule has 0 radical (unpaired) electrons. The van der Waals surface area contributed by atoms with E-state index in [-0.39, 0.29) is 12.4 Å². The largest absolute Gasteiger partial charge is 0.370 e. The van der Waals surface area contributed by atoms with Crippen molar-refractivity contribution in [2.75, 3.05) is 31.1 Å². The minimum Gasteiger partial charge on any atom is -0.370 e. The quantitative estimate of drug-likeness (QED) is 0.914. The maximum absolute atomic E-state index is 3.52. The highest BCUT2D eigenvalue weighted by atomic mass is 35.5. The molecule has 2 unspecified atom stereocenters. The van der Waals surface area contributed by atoms with Crippen LogP contribution in [0.3, 0.4) is 0 Å². The van der Waals surface area contributed by atoms with Crippen LogP contribution in [0.15, 0.2) is 54.6 Å². The van der Waals surface area contributed by atoms with Crippen molar-refractivity contribution in [3.63, 3.8) is 0 Å². The van der Waals surface area contributed by atoms with Gasteiger partial charge in [0.25, 0.3) is 0 Å². The average molecular weight is 301 g/mol. The zero-order valence-electron chi connectivity index (χ0n) is 12.0. The average Bonchev–Trinajstić information content (AvgIpc) is 3.09. The van der Waals surface area contributed by atoms with Gasteiger partial charge in [-0.05, 0) is 23.5 Å². The van der Waals surface area contributed by atoms with Crippen LogP contribution in [-0.4, -0.2) is 26.2 Å². The van der Waals surface area contributed by atoms with Crippen LogP contribution < -0.4 is 10.2 Å². The SMILES string of the molecule is Cl.c1ccc(-c2ccccc2N2CC3CNCC3C2)cc1. The third kappa shape index (κ3) is 2.66. The highest BCUT2D eigenvalue weighted by molar-refractivity contribution is 5.85. The molecule has 0 bridgehead atoms. The van der Waals surface area contributed by atoms with E-state index in [0.29, 0.717) is 0 Å². The molecule has 0 amide bonds. The predicted octanol–water partition coefficient (Wildman–Crippen LogP) is 3.43. The Labute approximate surface area is 132 Å². The van der Waals surface area contributed by atoms with Crippen LogP contribution in [0.25, 0.3) is 11.1 Å². The summed E-state index contributed by atoms with van der Waals surface area (Å²) in [6.45, 7) is 4.77. The fourth-order valence-corrected chi connectivity index (χ4v) is 3.66. The normalized spacial score (nSPS) is 23.7. The van der Waals surface area contributed by atoms with Crippen LogP contribution in [0.1, 0.15) is 0 Å². The van der Waals surface area contributed by atoms with Gasteiger partial charge in [-0.3, -0.25) is 0 Å². The zero-order chi connectivity index (χ0) is 13.4. The van der Waals surface area contributed by atoms with E-state index in [0.717, 1.165) is 11.8 Å². The second-order valence-corrected chi connectivity index (χ2v) is 5.97. The van der Waals surface area contributed by atoms with Gasteiger partial charge in [0.1, 0.15) is 0 Å². The zero-order valence-corrected chi connectivity index (χ0v) is 12.9. The molecule has 4 rings (SSSR count). The fourth-order valence-electron chi connectivity index (χ4n) is 3.66. The monoisotopic (exact) mass is 300 g/mol. The van der Waals surface area contributed by atoms with E-state index in [1.165, 1.54) is 43.0 Å². The van der Waals surface area contributed by atoms with E-state index in [9.17, 15) is 0 Å². The third-order valence-electron chi connectivity index (χ3n) is 4.72. The van der Waals surface area contributed by atoms with Crippen molar-refractivity contribution in [3.8, 4) is 11.1 Å². The molecular weight excluding hydrogens is 280 g/mol. The minimum absolute atomic E-state index is 0. The molecule has 0 saturated carbocycles. The Morgan fingerprint density at radius 1 is 0.810 bits per heavy atom. The fraction of sp³-hybridized carbons (Fsp3) is 0.333. The number of nitrogens with zero attached hydrogens (tertiary/aromatic N) is 1. The molecule has 2 aromatic carbocycles. The van der Waals surface area contributed by atoms with Crippen LogP contribution >= 0.6 is 12.4 Å². The lowest BCUT2D eigenvalue weighted by molar-refractivity contribution is 0.533. The van der Waals surface area contributed by atoms with Crippen LogP contribution in [0, 0.1) is 11.8 Å². The summed E-state index contributed by atoms with van der Waals surface area (Å²) in [5, 5.41) is 3.52. The summed E-state index contributed by atoms with van der Waals surface area (Å²) in [6, 6.07) is 19.6. The van der Waals surface area contributed by atoms with Gasteiger partial charge in [-0.25, -0.2) is 0 Å². The van der Waals surface area contributed by atoms with Crippen LogP contribution in [-0.2, 0) is 0 Å². The molecule has 110 valence electrons. The Bertz CT molecular complexity index is 587. The van der Waals surface area contributed by atoms with Gasteiger partial charge < -0.3 is 10.2 Å². The summed E-state index contributed by atoms with van der Waals surface area (Å²) in [4.78, 5) is 2.58. The molecule has 2 saturated heterocycles. The van der Waals surface area contributed by atoms with Gasteiger partial charge in [-0.1, -0.05) is 48.5 Å². The summed E-state index contributed by atoms with van der Waals surface area (Å²) in [5.41, 5.74) is 4.08. The van der Waals surface area contributed by atoms with E-state index < -0.39 is 0 Å². The Morgan fingerprint density at radius 2 is 1.43 bits per heavy atom. The van der Waals surface area contributed by atoms with Gasteiger partial charge in [0, 0.05) is 37.4 Å². The number of hydrogen-bond acceptors (Lipinski definition) is 2. The lowest BCUT2D eigenvalue weighted by atomic mass is 10.0. The van der Waals surface area contributed by atoms with Crippen molar-refractivity contribution in [2.45, 2.75) is 0 Å². The Balaban J connectivity index is 0.00000132. The van der Waals surface area contributed by atoms with Crippen molar-refractivity contribution in [2.24, 2.45) is 11.8 Å². The van der Waals surface area contributed by atoms with Crippen molar-refractivity contribution in [1.29, 1.82) is 0 Å². The molecule has 2 aromatic rings. The second-order valence-electron chi connectivity index (χ2n) is 5.97. The number of benzene rings is 2. The van der Waals surface area contributed by atoms with Gasteiger partial charge in [0.05, 0.1) is 0 Å². The van der Waals surface area contributed by atoms with Crippen molar-refractivity contribution in [1.82, 2.24) is 5.32 Å². The summed E-state index contributed by atoms with van der Waals surface area (Å²) in [5.74, 6) is 1.66. The predicted molar refractivity (Wildman–Crippen MR) is 91.2 cm³/mol.